The van der Waals surface area contributed by atoms with E-state index in [1.165, 1.54) is 0 Å². The molecule has 106 valence electrons. The standard InChI is InChI=1S/C16H18ClNO2/c1-10(2)13-6-4-5-7-14(13)18-16(19)15-8-12(9-17)11(3)20-15/h4-8,10H,9H2,1-3H3,(H,18,19). The van der Waals surface area contributed by atoms with E-state index in [9.17, 15) is 4.79 Å². The van der Waals surface area contributed by atoms with E-state index >= 15 is 0 Å². The van der Waals surface area contributed by atoms with Crippen LogP contribution in [0.15, 0.2) is 34.7 Å². The van der Waals surface area contributed by atoms with Crippen molar-refractivity contribution in [3.63, 3.8) is 0 Å². The first-order valence-corrected chi connectivity index (χ1v) is 7.12. The van der Waals surface area contributed by atoms with E-state index in [-0.39, 0.29) is 11.7 Å². The highest BCUT2D eigenvalue weighted by Gasteiger charge is 2.16. The molecule has 1 N–H and O–H groups in total. The highest BCUT2D eigenvalue weighted by atomic mass is 35.5. The molecule has 3 nitrogen and oxygen atoms in total. The minimum absolute atomic E-state index is 0.252. The van der Waals surface area contributed by atoms with Gasteiger partial charge < -0.3 is 9.73 Å². The summed E-state index contributed by atoms with van der Waals surface area (Å²) in [6, 6.07) is 9.46. The molecule has 0 radical (unpaired) electrons. The van der Waals surface area contributed by atoms with Crippen LogP contribution in [0.5, 0.6) is 0 Å². The zero-order valence-corrected chi connectivity index (χ0v) is 12.6. The molecule has 1 heterocycles. The van der Waals surface area contributed by atoms with E-state index in [4.69, 9.17) is 16.0 Å². The second kappa shape index (κ2) is 6.14. The van der Waals surface area contributed by atoms with E-state index in [1.54, 1.807) is 13.0 Å². The minimum atomic E-state index is -0.252. The molecule has 0 atom stereocenters. The lowest BCUT2D eigenvalue weighted by atomic mass is 10.0. The SMILES string of the molecule is Cc1oc(C(=O)Nc2ccccc2C(C)C)cc1CCl. The lowest BCUT2D eigenvalue weighted by molar-refractivity contribution is 0.0995. The van der Waals surface area contributed by atoms with Crippen LogP contribution in [-0.4, -0.2) is 5.91 Å². The van der Waals surface area contributed by atoms with Crippen molar-refractivity contribution in [3.8, 4) is 0 Å². The van der Waals surface area contributed by atoms with Gasteiger partial charge in [-0.1, -0.05) is 32.0 Å². The fourth-order valence-corrected chi connectivity index (χ4v) is 2.33. The van der Waals surface area contributed by atoms with Crippen molar-refractivity contribution >= 4 is 23.2 Å². The normalized spacial score (nSPS) is 10.8. The molecule has 0 unspecified atom stereocenters. The third kappa shape index (κ3) is 3.05. The van der Waals surface area contributed by atoms with Gasteiger partial charge in [-0.15, -0.1) is 11.6 Å². The van der Waals surface area contributed by atoms with Crippen LogP contribution in [0.3, 0.4) is 0 Å². The predicted octanol–water partition coefficient (Wildman–Crippen LogP) is 4.70. The smallest absolute Gasteiger partial charge is 0.291 e. The van der Waals surface area contributed by atoms with Crippen LogP contribution in [-0.2, 0) is 5.88 Å². The van der Waals surface area contributed by atoms with Crippen LogP contribution in [0.25, 0.3) is 0 Å². The molecule has 0 saturated heterocycles. The number of furan rings is 1. The molecular formula is C16H18ClNO2. The van der Waals surface area contributed by atoms with E-state index in [0.29, 0.717) is 17.6 Å². The maximum Gasteiger partial charge on any atom is 0.291 e. The Balaban J connectivity index is 2.23. The molecule has 0 saturated carbocycles. The van der Waals surface area contributed by atoms with Crippen LogP contribution in [0.1, 0.15) is 47.2 Å². The second-order valence-corrected chi connectivity index (χ2v) is 5.29. The number of anilines is 1. The summed E-state index contributed by atoms with van der Waals surface area (Å²) >= 11 is 5.79. The molecule has 2 aromatic rings. The Bertz CT molecular complexity index is 617. The maximum absolute atomic E-state index is 12.2. The van der Waals surface area contributed by atoms with Crippen molar-refractivity contribution in [1.82, 2.24) is 0 Å². The molecular weight excluding hydrogens is 274 g/mol. The fourth-order valence-electron chi connectivity index (χ4n) is 2.06. The van der Waals surface area contributed by atoms with Crippen molar-refractivity contribution in [2.75, 3.05) is 5.32 Å². The largest absolute Gasteiger partial charge is 0.456 e. The quantitative estimate of drug-likeness (QED) is 0.830. The number of alkyl halides is 1. The number of aryl methyl sites for hydroxylation is 1. The molecule has 4 heteroatoms. The van der Waals surface area contributed by atoms with Gasteiger partial charge in [-0.3, -0.25) is 4.79 Å². The molecule has 0 aliphatic carbocycles. The van der Waals surface area contributed by atoms with Crippen LogP contribution < -0.4 is 5.32 Å². The van der Waals surface area contributed by atoms with Gasteiger partial charge in [0.25, 0.3) is 5.91 Å². The first-order valence-electron chi connectivity index (χ1n) is 6.58. The Morgan fingerprint density at radius 3 is 2.65 bits per heavy atom. The number of benzene rings is 1. The van der Waals surface area contributed by atoms with Gasteiger partial charge in [-0.05, 0) is 30.5 Å². The summed E-state index contributed by atoms with van der Waals surface area (Å²) in [4.78, 5) is 12.2. The number of hydrogen-bond donors (Lipinski definition) is 1. The summed E-state index contributed by atoms with van der Waals surface area (Å²) in [5.41, 5.74) is 2.75. The molecule has 1 aromatic carbocycles. The average Bonchev–Trinajstić information content (AvgIpc) is 2.80. The van der Waals surface area contributed by atoms with Crippen molar-refractivity contribution in [1.29, 1.82) is 0 Å². The van der Waals surface area contributed by atoms with Gasteiger partial charge in [-0.25, -0.2) is 0 Å². The Morgan fingerprint density at radius 1 is 1.35 bits per heavy atom. The van der Waals surface area contributed by atoms with Crippen molar-refractivity contribution in [2.45, 2.75) is 32.6 Å². The monoisotopic (exact) mass is 291 g/mol. The van der Waals surface area contributed by atoms with Crippen molar-refractivity contribution < 1.29 is 9.21 Å². The highest BCUT2D eigenvalue weighted by molar-refractivity contribution is 6.17. The second-order valence-electron chi connectivity index (χ2n) is 5.02. The van der Waals surface area contributed by atoms with Gasteiger partial charge in [0.1, 0.15) is 5.76 Å². The lowest BCUT2D eigenvalue weighted by Gasteiger charge is -2.12. The van der Waals surface area contributed by atoms with Gasteiger partial charge in [0.2, 0.25) is 0 Å². The summed E-state index contributed by atoms with van der Waals surface area (Å²) in [7, 11) is 0. The van der Waals surface area contributed by atoms with E-state index in [0.717, 1.165) is 16.8 Å². The number of amides is 1. The highest BCUT2D eigenvalue weighted by Crippen LogP contribution is 2.25. The zero-order chi connectivity index (χ0) is 14.7. The Morgan fingerprint density at radius 2 is 2.05 bits per heavy atom. The van der Waals surface area contributed by atoms with Crippen LogP contribution in [0.2, 0.25) is 0 Å². The number of carbonyl (C=O) groups excluding carboxylic acids is 1. The summed E-state index contributed by atoms with van der Waals surface area (Å²) in [6.07, 6.45) is 0. The lowest BCUT2D eigenvalue weighted by Crippen LogP contribution is -2.12. The Hall–Kier alpha value is -1.74. The van der Waals surface area contributed by atoms with Crippen molar-refractivity contribution in [3.05, 3.63) is 53.0 Å². The van der Waals surface area contributed by atoms with E-state index in [1.807, 2.05) is 24.3 Å². The molecule has 0 spiro atoms. The molecule has 0 bridgehead atoms. The average molecular weight is 292 g/mol. The van der Waals surface area contributed by atoms with Gasteiger partial charge in [0, 0.05) is 11.3 Å². The fraction of sp³-hybridized carbons (Fsp3) is 0.312. The van der Waals surface area contributed by atoms with Crippen molar-refractivity contribution in [2.24, 2.45) is 0 Å². The molecule has 0 aliphatic rings. The van der Waals surface area contributed by atoms with Crippen LogP contribution >= 0.6 is 11.6 Å². The van der Waals surface area contributed by atoms with Gasteiger partial charge in [0.15, 0.2) is 5.76 Å². The summed E-state index contributed by atoms with van der Waals surface area (Å²) in [5.74, 6) is 1.39. The van der Waals surface area contributed by atoms with E-state index in [2.05, 4.69) is 19.2 Å². The molecule has 0 aliphatic heterocycles. The first-order chi connectivity index (χ1) is 9.52. The Labute approximate surface area is 123 Å². The molecule has 1 aromatic heterocycles. The first kappa shape index (κ1) is 14.7. The van der Waals surface area contributed by atoms with Gasteiger partial charge >= 0.3 is 0 Å². The summed E-state index contributed by atoms with van der Waals surface area (Å²) in [6.45, 7) is 5.98. The predicted molar refractivity (Wildman–Crippen MR) is 81.5 cm³/mol. The Kier molecular flexibility index (Phi) is 4.50. The number of carbonyl (C=O) groups is 1. The van der Waals surface area contributed by atoms with Gasteiger partial charge in [0.05, 0.1) is 5.88 Å². The molecule has 20 heavy (non-hydrogen) atoms. The summed E-state index contributed by atoms with van der Waals surface area (Å²) < 4.78 is 5.44. The number of nitrogens with one attached hydrogen (secondary N) is 1. The number of para-hydroxylation sites is 1. The zero-order valence-electron chi connectivity index (χ0n) is 11.9. The van der Waals surface area contributed by atoms with Crippen LogP contribution in [0.4, 0.5) is 5.69 Å². The molecule has 2 rings (SSSR count). The third-order valence-corrected chi connectivity index (χ3v) is 3.51. The number of rotatable bonds is 4. The molecule has 1 amide bonds. The van der Waals surface area contributed by atoms with Crippen LogP contribution in [0, 0.1) is 6.92 Å². The maximum atomic E-state index is 12.2. The number of halogens is 1. The van der Waals surface area contributed by atoms with Gasteiger partial charge in [-0.2, -0.15) is 0 Å². The third-order valence-electron chi connectivity index (χ3n) is 3.22. The molecule has 0 fully saturated rings. The topological polar surface area (TPSA) is 42.2 Å². The summed E-state index contributed by atoms with van der Waals surface area (Å²) in [5, 5.41) is 2.90. The number of hydrogen-bond acceptors (Lipinski definition) is 2. The van der Waals surface area contributed by atoms with E-state index < -0.39 is 0 Å². The minimum Gasteiger partial charge on any atom is -0.456 e.